The summed E-state index contributed by atoms with van der Waals surface area (Å²) in [6.07, 6.45) is -0.958. The Bertz CT molecular complexity index is 637. The Hall–Kier alpha value is -1.86. The van der Waals surface area contributed by atoms with Gasteiger partial charge in [0, 0.05) is 6.07 Å². The van der Waals surface area contributed by atoms with E-state index in [1.165, 1.54) is 6.92 Å². The number of carbonyl (C=O) groups excluding carboxylic acids is 2. The summed E-state index contributed by atoms with van der Waals surface area (Å²) >= 11 is 6.81. The van der Waals surface area contributed by atoms with Crippen molar-refractivity contribution in [3.05, 3.63) is 33.2 Å². The summed E-state index contributed by atoms with van der Waals surface area (Å²) in [6, 6.07) is 4.69. The van der Waals surface area contributed by atoms with Gasteiger partial charge in [-0.2, -0.15) is 0 Å². The Balaban J connectivity index is 1.92. The second-order valence-electron chi connectivity index (χ2n) is 3.96. The SMILES string of the molecule is Cc1cc(NC(=O)[C@@H](C)OC(=O)c2ccc(Cl)s2)no1. The number of rotatable bonds is 4. The molecule has 1 amide bonds. The predicted octanol–water partition coefficient (Wildman–Crippen LogP) is 2.88. The first-order valence-electron chi connectivity index (χ1n) is 5.66. The molecule has 2 heterocycles. The number of ether oxygens (including phenoxy) is 1. The highest BCUT2D eigenvalue weighted by Crippen LogP contribution is 2.22. The molecule has 0 saturated heterocycles. The van der Waals surface area contributed by atoms with Gasteiger partial charge in [-0.05, 0) is 26.0 Å². The third-order valence-electron chi connectivity index (χ3n) is 2.31. The second kappa shape index (κ2) is 6.06. The van der Waals surface area contributed by atoms with Crippen LogP contribution in [-0.2, 0) is 9.53 Å². The van der Waals surface area contributed by atoms with Gasteiger partial charge in [0.05, 0.1) is 4.34 Å². The van der Waals surface area contributed by atoms with Crippen LogP contribution < -0.4 is 5.32 Å². The average molecular weight is 315 g/mol. The normalized spacial score (nSPS) is 11.9. The van der Waals surface area contributed by atoms with Crippen molar-refractivity contribution in [3.63, 3.8) is 0 Å². The summed E-state index contributed by atoms with van der Waals surface area (Å²) < 4.78 is 10.3. The second-order valence-corrected chi connectivity index (χ2v) is 5.68. The zero-order chi connectivity index (χ0) is 14.7. The zero-order valence-corrected chi connectivity index (χ0v) is 12.2. The molecule has 2 aromatic heterocycles. The van der Waals surface area contributed by atoms with Crippen LogP contribution in [0.1, 0.15) is 22.4 Å². The molecular formula is C12H11ClN2O4S. The first-order chi connectivity index (χ1) is 9.45. The molecule has 8 heteroatoms. The Kier molecular flexibility index (Phi) is 4.41. The quantitative estimate of drug-likeness (QED) is 0.877. The fourth-order valence-electron chi connectivity index (χ4n) is 1.35. The van der Waals surface area contributed by atoms with Crippen LogP contribution in [0.4, 0.5) is 5.82 Å². The number of aryl methyl sites for hydroxylation is 1. The molecule has 0 aliphatic rings. The van der Waals surface area contributed by atoms with Crippen molar-refractivity contribution in [1.29, 1.82) is 0 Å². The highest BCUT2D eigenvalue weighted by atomic mass is 35.5. The summed E-state index contributed by atoms with van der Waals surface area (Å²) in [5, 5.41) is 6.10. The van der Waals surface area contributed by atoms with Crippen molar-refractivity contribution in [2.24, 2.45) is 0 Å². The summed E-state index contributed by atoms with van der Waals surface area (Å²) in [4.78, 5) is 23.9. The molecule has 0 spiro atoms. The van der Waals surface area contributed by atoms with Crippen molar-refractivity contribution >= 4 is 40.6 Å². The van der Waals surface area contributed by atoms with Crippen LogP contribution in [-0.4, -0.2) is 23.1 Å². The minimum atomic E-state index is -0.958. The summed E-state index contributed by atoms with van der Waals surface area (Å²) in [5.41, 5.74) is 0. The number of nitrogens with one attached hydrogen (secondary N) is 1. The van der Waals surface area contributed by atoms with Crippen LogP contribution in [0.2, 0.25) is 4.34 Å². The molecule has 2 aromatic rings. The van der Waals surface area contributed by atoms with Crippen LogP contribution in [0.3, 0.4) is 0 Å². The van der Waals surface area contributed by atoms with E-state index in [2.05, 4.69) is 10.5 Å². The van der Waals surface area contributed by atoms with Gasteiger partial charge in [-0.1, -0.05) is 16.8 Å². The number of esters is 1. The maximum absolute atomic E-state index is 11.8. The van der Waals surface area contributed by atoms with E-state index in [0.717, 1.165) is 11.3 Å². The number of carbonyl (C=O) groups is 2. The molecule has 0 aliphatic heterocycles. The smallest absolute Gasteiger partial charge is 0.349 e. The van der Waals surface area contributed by atoms with Crippen molar-refractivity contribution in [2.75, 3.05) is 5.32 Å². The molecule has 1 N–H and O–H groups in total. The Morgan fingerprint density at radius 1 is 1.50 bits per heavy atom. The lowest BCUT2D eigenvalue weighted by Crippen LogP contribution is -2.29. The molecule has 0 fully saturated rings. The molecule has 6 nitrogen and oxygen atoms in total. The Labute approximate surface area is 123 Å². The van der Waals surface area contributed by atoms with Crippen LogP contribution in [0.5, 0.6) is 0 Å². The number of thiophene rings is 1. The fraction of sp³-hybridized carbons (Fsp3) is 0.250. The third kappa shape index (κ3) is 3.58. The fourth-order valence-corrected chi connectivity index (χ4v) is 2.28. The lowest BCUT2D eigenvalue weighted by molar-refractivity contribution is -0.123. The Morgan fingerprint density at radius 2 is 2.25 bits per heavy atom. The molecule has 0 unspecified atom stereocenters. The highest BCUT2D eigenvalue weighted by molar-refractivity contribution is 7.17. The van der Waals surface area contributed by atoms with Gasteiger partial charge in [0.15, 0.2) is 11.9 Å². The molecule has 0 bridgehead atoms. The van der Waals surface area contributed by atoms with Gasteiger partial charge in [0.1, 0.15) is 10.6 Å². The van der Waals surface area contributed by atoms with Gasteiger partial charge in [0.2, 0.25) is 0 Å². The van der Waals surface area contributed by atoms with Gasteiger partial charge >= 0.3 is 5.97 Å². The maximum atomic E-state index is 11.8. The average Bonchev–Trinajstić information content (AvgIpc) is 2.98. The van der Waals surface area contributed by atoms with E-state index in [4.69, 9.17) is 20.9 Å². The molecule has 0 aromatic carbocycles. The number of nitrogens with zero attached hydrogens (tertiary/aromatic N) is 1. The number of anilines is 1. The van der Waals surface area contributed by atoms with Gasteiger partial charge in [-0.15, -0.1) is 11.3 Å². The molecule has 0 saturated carbocycles. The molecule has 20 heavy (non-hydrogen) atoms. The summed E-state index contributed by atoms with van der Waals surface area (Å²) in [5.74, 6) is -0.247. The van der Waals surface area contributed by atoms with E-state index in [-0.39, 0.29) is 5.82 Å². The molecule has 106 valence electrons. The van der Waals surface area contributed by atoms with Crippen molar-refractivity contribution < 1.29 is 18.8 Å². The maximum Gasteiger partial charge on any atom is 0.349 e. The van der Waals surface area contributed by atoms with E-state index in [9.17, 15) is 9.59 Å². The molecule has 0 radical (unpaired) electrons. The predicted molar refractivity (Wildman–Crippen MR) is 74.1 cm³/mol. The summed E-state index contributed by atoms with van der Waals surface area (Å²) in [6.45, 7) is 3.17. The number of aromatic nitrogens is 1. The number of amides is 1. The van der Waals surface area contributed by atoms with Crippen molar-refractivity contribution in [1.82, 2.24) is 5.16 Å². The molecule has 0 aliphatic carbocycles. The number of halogens is 1. The standard InChI is InChI=1S/C12H11ClN2O4S/c1-6-5-10(15-19-6)14-11(16)7(2)18-12(17)8-3-4-9(13)20-8/h3-5,7H,1-2H3,(H,14,15,16)/t7-/m1/s1. The minimum absolute atomic E-state index is 0.273. The van der Waals surface area contributed by atoms with E-state index in [1.54, 1.807) is 25.1 Å². The van der Waals surface area contributed by atoms with Gasteiger partial charge in [0.25, 0.3) is 5.91 Å². The van der Waals surface area contributed by atoms with Crippen LogP contribution in [0.25, 0.3) is 0 Å². The van der Waals surface area contributed by atoms with Gasteiger partial charge in [-0.3, -0.25) is 4.79 Å². The first kappa shape index (κ1) is 14.5. The minimum Gasteiger partial charge on any atom is -0.448 e. The lowest BCUT2D eigenvalue weighted by atomic mass is 10.3. The number of hydrogen-bond acceptors (Lipinski definition) is 6. The topological polar surface area (TPSA) is 81.4 Å². The van der Waals surface area contributed by atoms with Crippen LogP contribution in [0, 0.1) is 6.92 Å². The van der Waals surface area contributed by atoms with E-state index in [1.807, 2.05) is 0 Å². The van der Waals surface area contributed by atoms with Crippen molar-refractivity contribution in [2.45, 2.75) is 20.0 Å². The zero-order valence-electron chi connectivity index (χ0n) is 10.7. The van der Waals surface area contributed by atoms with E-state index < -0.39 is 18.0 Å². The van der Waals surface area contributed by atoms with Crippen LogP contribution >= 0.6 is 22.9 Å². The molecular weight excluding hydrogens is 304 g/mol. The van der Waals surface area contributed by atoms with E-state index in [0.29, 0.717) is 15.0 Å². The van der Waals surface area contributed by atoms with Gasteiger partial charge < -0.3 is 14.6 Å². The molecule has 1 atom stereocenters. The van der Waals surface area contributed by atoms with Crippen molar-refractivity contribution in [3.8, 4) is 0 Å². The van der Waals surface area contributed by atoms with E-state index >= 15 is 0 Å². The Morgan fingerprint density at radius 3 is 2.80 bits per heavy atom. The molecule has 2 rings (SSSR count). The number of hydrogen-bond donors (Lipinski definition) is 1. The highest BCUT2D eigenvalue weighted by Gasteiger charge is 2.20. The van der Waals surface area contributed by atoms with Gasteiger partial charge in [-0.25, -0.2) is 4.79 Å². The van der Waals surface area contributed by atoms with Crippen LogP contribution in [0.15, 0.2) is 22.7 Å². The first-order valence-corrected chi connectivity index (χ1v) is 6.85. The third-order valence-corrected chi connectivity index (χ3v) is 3.52. The summed E-state index contributed by atoms with van der Waals surface area (Å²) in [7, 11) is 0. The lowest BCUT2D eigenvalue weighted by Gasteiger charge is -2.11. The largest absolute Gasteiger partial charge is 0.448 e. The monoisotopic (exact) mass is 314 g/mol.